The number of hydrogen-bond donors (Lipinski definition) is 1. The van der Waals surface area contributed by atoms with Crippen LogP contribution in [0.25, 0.3) is 0 Å². The molecule has 0 bridgehead atoms. The van der Waals surface area contributed by atoms with E-state index < -0.39 is 0 Å². The topological polar surface area (TPSA) is 35.2 Å². The molecule has 0 aliphatic rings. The van der Waals surface area contributed by atoms with Gasteiger partial charge in [0, 0.05) is 4.47 Å². The van der Waals surface area contributed by atoms with Crippen molar-refractivity contribution in [3.63, 3.8) is 0 Å². The zero-order valence-corrected chi connectivity index (χ0v) is 11.6. The number of unbranched alkanes of at least 4 members (excludes halogenated alkanes) is 1. The Labute approximate surface area is 106 Å². The Morgan fingerprint density at radius 3 is 2.69 bits per heavy atom. The van der Waals surface area contributed by atoms with E-state index in [4.69, 9.17) is 10.5 Å². The van der Waals surface area contributed by atoms with Crippen LogP contribution >= 0.6 is 15.9 Å². The normalized spacial score (nSPS) is 10.8. The molecule has 16 heavy (non-hydrogen) atoms. The quantitative estimate of drug-likeness (QED) is 0.809. The molecule has 0 atom stereocenters. The van der Waals surface area contributed by atoms with Crippen molar-refractivity contribution in [1.82, 2.24) is 0 Å². The lowest BCUT2D eigenvalue weighted by Gasteiger charge is -2.14. The summed E-state index contributed by atoms with van der Waals surface area (Å²) in [5.41, 5.74) is 6.70. The molecule has 0 aliphatic heterocycles. The van der Waals surface area contributed by atoms with Crippen molar-refractivity contribution in [3.8, 4) is 5.75 Å². The van der Waals surface area contributed by atoms with Gasteiger partial charge >= 0.3 is 0 Å². The number of ether oxygens (including phenoxy) is 1. The Hall–Kier alpha value is -0.540. The maximum Gasteiger partial charge on any atom is 0.122 e. The van der Waals surface area contributed by atoms with E-state index in [1.54, 1.807) is 0 Å². The van der Waals surface area contributed by atoms with Crippen LogP contribution in [0.4, 0.5) is 0 Å². The third-order valence-corrected chi connectivity index (χ3v) is 2.94. The number of benzene rings is 1. The van der Waals surface area contributed by atoms with E-state index in [1.807, 2.05) is 12.1 Å². The van der Waals surface area contributed by atoms with Crippen LogP contribution in [-0.4, -0.2) is 13.2 Å². The maximum absolute atomic E-state index is 5.78. The number of rotatable bonds is 6. The maximum atomic E-state index is 5.78. The molecule has 1 aromatic carbocycles. The van der Waals surface area contributed by atoms with Crippen molar-refractivity contribution >= 4 is 15.9 Å². The highest BCUT2D eigenvalue weighted by atomic mass is 79.9. The van der Waals surface area contributed by atoms with Gasteiger partial charge in [0.25, 0.3) is 0 Å². The molecule has 0 saturated carbocycles. The zero-order chi connectivity index (χ0) is 12.0. The van der Waals surface area contributed by atoms with E-state index in [-0.39, 0.29) is 0 Å². The van der Waals surface area contributed by atoms with E-state index in [9.17, 15) is 0 Å². The Kier molecular flexibility index (Phi) is 5.85. The van der Waals surface area contributed by atoms with Crippen LogP contribution in [0, 0.1) is 0 Å². The molecule has 1 rings (SSSR count). The fraction of sp³-hybridized carbons (Fsp3) is 0.538. The van der Waals surface area contributed by atoms with Crippen molar-refractivity contribution in [1.29, 1.82) is 0 Å². The molecular weight excluding hydrogens is 266 g/mol. The molecule has 2 N–H and O–H groups in total. The van der Waals surface area contributed by atoms with E-state index >= 15 is 0 Å². The van der Waals surface area contributed by atoms with Gasteiger partial charge in [-0.05, 0) is 49.1 Å². The van der Waals surface area contributed by atoms with Gasteiger partial charge in [0.05, 0.1) is 6.61 Å². The first kappa shape index (κ1) is 13.5. The Bertz CT molecular complexity index is 326. The van der Waals surface area contributed by atoms with Crippen LogP contribution < -0.4 is 10.5 Å². The summed E-state index contributed by atoms with van der Waals surface area (Å²) in [5, 5.41) is 0. The summed E-state index contributed by atoms with van der Waals surface area (Å²) < 4.78 is 6.88. The standard InChI is InChI=1S/C13H20BrNO/c1-10(2)12-9-11(14)5-6-13(12)16-8-4-3-7-15/h5-6,9-10H,3-4,7-8,15H2,1-2H3. The van der Waals surface area contributed by atoms with Gasteiger partial charge < -0.3 is 10.5 Å². The average Bonchev–Trinajstić information content (AvgIpc) is 2.26. The highest BCUT2D eigenvalue weighted by Gasteiger charge is 2.08. The summed E-state index contributed by atoms with van der Waals surface area (Å²) in [6, 6.07) is 6.18. The molecule has 0 heterocycles. The molecule has 0 aliphatic carbocycles. The highest BCUT2D eigenvalue weighted by Crippen LogP contribution is 2.29. The molecule has 90 valence electrons. The molecular formula is C13H20BrNO. The van der Waals surface area contributed by atoms with Crippen molar-refractivity contribution in [2.45, 2.75) is 32.6 Å². The Morgan fingerprint density at radius 2 is 2.06 bits per heavy atom. The first-order valence-electron chi connectivity index (χ1n) is 5.77. The second kappa shape index (κ2) is 6.92. The third kappa shape index (κ3) is 4.14. The van der Waals surface area contributed by atoms with E-state index in [0.717, 1.165) is 36.2 Å². The molecule has 1 aromatic rings. The first-order valence-corrected chi connectivity index (χ1v) is 6.56. The lowest BCUT2D eigenvalue weighted by atomic mass is 10.0. The van der Waals surface area contributed by atoms with Crippen LogP contribution in [0.5, 0.6) is 5.75 Å². The third-order valence-electron chi connectivity index (χ3n) is 2.45. The molecule has 3 heteroatoms. The van der Waals surface area contributed by atoms with E-state index in [2.05, 4.69) is 35.8 Å². The second-order valence-corrected chi connectivity index (χ2v) is 5.10. The fourth-order valence-corrected chi connectivity index (χ4v) is 1.91. The van der Waals surface area contributed by atoms with Gasteiger partial charge in [-0.25, -0.2) is 0 Å². The molecule has 0 saturated heterocycles. The van der Waals surface area contributed by atoms with Crippen LogP contribution in [0.15, 0.2) is 22.7 Å². The van der Waals surface area contributed by atoms with Crippen molar-refractivity contribution in [2.24, 2.45) is 5.73 Å². The minimum absolute atomic E-state index is 0.474. The summed E-state index contributed by atoms with van der Waals surface area (Å²) >= 11 is 3.49. The molecule has 0 aromatic heterocycles. The number of halogens is 1. The Morgan fingerprint density at radius 1 is 1.31 bits per heavy atom. The van der Waals surface area contributed by atoms with Crippen molar-refractivity contribution in [2.75, 3.05) is 13.2 Å². The summed E-state index contributed by atoms with van der Waals surface area (Å²) in [4.78, 5) is 0. The lowest BCUT2D eigenvalue weighted by Crippen LogP contribution is -2.05. The highest BCUT2D eigenvalue weighted by molar-refractivity contribution is 9.10. The first-order chi connectivity index (χ1) is 7.65. The predicted octanol–water partition coefficient (Wildman–Crippen LogP) is 3.69. The molecule has 2 nitrogen and oxygen atoms in total. The zero-order valence-electron chi connectivity index (χ0n) is 10.0. The summed E-state index contributed by atoms with van der Waals surface area (Å²) in [5.74, 6) is 1.47. The van der Waals surface area contributed by atoms with Gasteiger partial charge in [-0.15, -0.1) is 0 Å². The predicted molar refractivity (Wildman–Crippen MR) is 72.0 cm³/mol. The number of nitrogens with two attached hydrogens (primary N) is 1. The Balaban J connectivity index is 2.64. The van der Waals surface area contributed by atoms with Crippen LogP contribution in [0.1, 0.15) is 38.2 Å². The SMILES string of the molecule is CC(C)c1cc(Br)ccc1OCCCCN. The molecule has 0 amide bonds. The van der Waals surface area contributed by atoms with Crippen molar-refractivity contribution in [3.05, 3.63) is 28.2 Å². The van der Waals surface area contributed by atoms with Gasteiger partial charge in [-0.1, -0.05) is 29.8 Å². The summed E-state index contributed by atoms with van der Waals surface area (Å²) in [7, 11) is 0. The molecule has 0 radical (unpaired) electrons. The van der Waals surface area contributed by atoms with E-state index in [0.29, 0.717) is 5.92 Å². The lowest BCUT2D eigenvalue weighted by molar-refractivity contribution is 0.303. The van der Waals surface area contributed by atoms with Gasteiger partial charge in [-0.3, -0.25) is 0 Å². The van der Waals surface area contributed by atoms with E-state index in [1.165, 1.54) is 5.56 Å². The van der Waals surface area contributed by atoms with Crippen molar-refractivity contribution < 1.29 is 4.74 Å². The molecule has 0 unspecified atom stereocenters. The average molecular weight is 286 g/mol. The van der Waals surface area contributed by atoms with Crippen LogP contribution in [-0.2, 0) is 0 Å². The van der Waals surface area contributed by atoms with Crippen LogP contribution in [0.3, 0.4) is 0 Å². The molecule has 0 fully saturated rings. The largest absolute Gasteiger partial charge is 0.493 e. The fourth-order valence-electron chi connectivity index (χ4n) is 1.53. The second-order valence-electron chi connectivity index (χ2n) is 4.18. The summed E-state index contributed by atoms with van der Waals surface area (Å²) in [6.07, 6.45) is 2.04. The number of hydrogen-bond acceptors (Lipinski definition) is 2. The monoisotopic (exact) mass is 285 g/mol. The van der Waals surface area contributed by atoms with Crippen LogP contribution in [0.2, 0.25) is 0 Å². The summed E-state index contributed by atoms with van der Waals surface area (Å²) in [6.45, 7) is 5.84. The van der Waals surface area contributed by atoms with Gasteiger partial charge in [0.2, 0.25) is 0 Å². The van der Waals surface area contributed by atoms with Gasteiger partial charge in [0.15, 0.2) is 0 Å². The van der Waals surface area contributed by atoms with Gasteiger partial charge in [0.1, 0.15) is 5.75 Å². The van der Waals surface area contributed by atoms with Gasteiger partial charge in [-0.2, -0.15) is 0 Å². The minimum Gasteiger partial charge on any atom is -0.493 e. The minimum atomic E-state index is 0.474. The smallest absolute Gasteiger partial charge is 0.122 e. The molecule has 0 spiro atoms.